The third-order valence-electron chi connectivity index (χ3n) is 7.85. The van der Waals surface area contributed by atoms with Crippen LogP contribution in [0.5, 0.6) is 11.5 Å². The highest BCUT2D eigenvalue weighted by Crippen LogP contribution is 2.42. The van der Waals surface area contributed by atoms with Crippen LogP contribution in [0.4, 0.5) is 0 Å². The van der Waals surface area contributed by atoms with E-state index < -0.39 is 0 Å². The van der Waals surface area contributed by atoms with E-state index in [0.717, 1.165) is 57.8 Å². The number of aromatic nitrogens is 2. The average Bonchev–Trinajstić information content (AvgIpc) is 3.26. The first-order valence-electron chi connectivity index (χ1n) is 13.6. The van der Waals surface area contributed by atoms with E-state index in [1.54, 1.807) is 34.8 Å². The van der Waals surface area contributed by atoms with E-state index in [1.165, 1.54) is 16.0 Å². The normalized spacial score (nSPS) is 15.4. The van der Waals surface area contributed by atoms with Gasteiger partial charge in [-0.25, -0.2) is 4.98 Å². The zero-order valence-corrected chi connectivity index (χ0v) is 25.6. The smallest absolute Gasteiger partial charge is 0.267 e. The van der Waals surface area contributed by atoms with Crippen LogP contribution in [0.2, 0.25) is 0 Å². The van der Waals surface area contributed by atoms with Gasteiger partial charge in [0, 0.05) is 16.7 Å². The predicted molar refractivity (Wildman–Crippen MR) is 164 cm³/mol. The Morgan fingerprint density at radius 2 is 1.87 bits per heavy atom. The molecule has 39 heavy (non-hydrogen) atoms. The van der Waals surface area contributed by atoms with Crippen molar-refractivity contribution in [3.8, 4) is 17.2 Å². The number of thiophene rings is 1. The van der Waals surface area contributed by atoms with Gasteiger partial charge in [0.25, 0.3) is 5.56 Å². The molecule has 5 rings (SSSR count). The van der Waals surface area contributed by atoms with Gasteiger partial charge in [-0.3, -0.25) is 9.36 Å². The zero-order chi connectivity index (χ0) is 27.9. The highest BCUT2D eigenvalue weighted by atomic mass is 32.2. The summed E-state index contributed by atoms with van der Waals surface area (Å²) >= 11 is 3.28. The van der Waals surface area contributed by atoms with Crippen molar-refractivity contribution in [2.24, 2.45) is 11.3 Å². The lowest BCUT2D eigenvalue weighted by Gasteiger charge is -2.33. The van der Waals surface area contributed by atoms with E-state index in [-0.39, 0.29) is 11.0 Å². The number of benzene rings is 2. The van der Waals surface area contributed by atoms with Crippen LogP contribution in [-0.2, 0) is 12.8 Å². The summed E-state index contributed by atoms with van der Waals surface area (Å²) in [7, 11) is 1.65. The molecule has 206 valence electrons. The van der Waals surface area contributed by atoms with Gasteiger partial charge in [0.1, 0.15) is 16.3 Å². The van der Waals surface area contributed by atoms with E-state index in [0.29, 0.717) is 23.4 Å². The van der Waals surface area contributed by atoms with Crippen LogP contribution in [0.3, 0.4) is 0 Å². The van der Waals surface area contributed by atoms with Crippen LogP contribution in [0.15, 0.2) is 46.3 Å². The topological polar surface area (TPSA) is 53.4 Å². The van der Waals surface area contributed by atoms with Crippen LogP contribution in [0.25, 0.3) is 15.9 Å². The molecular formula is C32H38N2O3S2. The summed E-state index contributed by atoms with van der Waals surface area (Å²) < 4.78 is 13.4. The van der Waals surface area contributed by atoms with Crippen molar-refractivity contribution in [1.82, 2.24) is 9.55 Å². The van der Waals surface area contributed by atoms with E-state index in [1.807, 2.05) is 25.1 Å². The number of ether oxygens (including phenoxy) is 2. The van der Waals surface area contributed by atoms with Crippen molar-refractivity contribution in [2.75, 3.05) is 19.5 Å². The minimum absolute atomic E-state index is 0.0148. The van der Waals surface area contributed by atoms with Gasteiger partial charge < -0.3 is 9.47 Å². The van der Waals surface area contributed by atoms with E-state index in [9.17, 15) is 4.79 Å². The van der Waals surface area contributed by atoms with Crippen molar-refractivity contribution in [2.45, 2.75) is 66.0 Å². The van der Waals surface area contributed by atoms with Crippen molar-refractivity contribution in [3.05, 3.63) is 73.9 Å². The van der Waals surface area contributed by atoms with Gasteiger partial charge in [-0.1, -0.05) is 50.7 Å². The summed E-state index contributed by atoms with van der Waals surface area (Å²) in [5, 5.41) is 1.49. The summed E-state index contributed by atoms with van der Waals surface area (Å²) in [4.78, 5) is 21.6. The molecule has 4 aromatic rings. The van der Waals surface area contributed by atoms with E-state index in [2.05, 4.69) is 52.8 Å². The zero-order valence-electron chi connectivity index (χ0n) is 24.0. The molecule has 2 heterocycles. The van der Waals surface area contributed by atoms with Gasteiger partial charge >= 0.3 is 0 Å². The molecular weight excluding hydrogens is 524 g/mol. The molecule has 0 unspecified atom stereocenters. The molecule has 7 heteroatoms. The van der Waals surface area contributed by atoms with Gasteiger partial charge in [-0.2, -0.15) is 0 Å². The van der Waals surface area contributed by atoms with E-state index in [4.69, 9.17) is 14.5 Å². The number of hydrogen-bond donors (Lipinski definition) is 0. The fraction of sp³-hybridized carbons (Fsp3) is 0.438. The molecule has 5 nitrogen and oxygen atoms in total. The number of aryl methyl sites for hydroxylation is 4. The van der Waals surface area contributed by atoms with Gasteiger partial charge in [0.2, 0.25) is 0 Å². The molecule has 2 aromatic heterocycles. The molecule has 0 radical (unpaired) electrons. The van der Waals surface area contributed by atoms with Crippen molar-refractivity contribution >= 4 is 33.3 Å². The first-order chi connectivity index (χ1) is 18.6. The maximum atomic E-state index is 14.3. The monoisotopic (exact) mass is 562 g/mol. The minimum atomic E-state index is 0.0148. The van der Waals surface area contributed by atoms with Crippen LogP contribution < -0.4 is 15.0 Å². The van der Waals surface area contributed by atoms with Crippen LogP contribution in [-0.4, -0.2) is 29.0 Å². The highest BCUT2D eigenvalue weighted by Gasteiger charge is 2.32. The Morgan fingerprint density at radius 3 is 2.62 bits per heavy atom. The van der Waals surface area contributed by atoms with Gasteiger partial charge in [0.05, 0.1) is 24.8 Å². The number of methoxy groups -OCH3 is 1. The maximum Gasteiger partial charge on any atom is 0.267 e. The molecule has 0 saturated carbocycles. The summed E-state index contributed by atoms with van der Waals surface area (Å²) in [6.07, 6.45) is 3.05. The van der Waals surface area contributed by atoms with E-state index >= 15 is 0 Å². The molecule has 1 atom stereocenters. The Morgan fingerprint density at radius 1 is 1.10 bits per heavy atom. The molecule has 1 aliphatic carbocycles. The quantitative estimate of drug-likeness (QED) is 0.131. The van der Waals surface area contributed by atoms with Crippen LogP contribution >= 0.6 is 23.1 Å². The van der Waals surface area contributed by atoms with Crippen molar-refractivity contribution in [3.63, 3.8) is 0 Å². The molecule has 0 bridgehead atoms. The van der Waals surface area contributed by atoms with Gasteiger partial charge in [-0.05, 0) is 85.8 Å². The first kappa shape index (κ1) is 27.8. The molecule has 0 saturated heterocycles. The lowest BCUT2D eigenvalue weighted by atomic mass is 9.72. The Kier molecular flexibility index (Phi) is 7.84. The fourth-order valence-electron chi connectivity index (χ4n) is 5.36. The SMILES string of the molecule is COc1ccc(C)c(-n2c(SCCOc3cc(C)ccc3C)nc3sc4c(c3c2=O)CC[C@@H](C(C)(C)C)C4)c1. The second-order valence-corrected chi connectivity index (χ2v) is 13.8. The molecule has 0 fully saturated rings. The van der Waals surface area contributed by atoms with Gasteiger partial charge in [0.15, 0.2) is 5.16 Å². The Balaban J connectivity index is 1.54. The predicted octanol–water partition coefficient (Wildman–Crippen LogP) is 7.70. The van der Waals surface area contributed by atoms with Crippen LogP contribution in [0, 0.1) is 32.1 Å². The Bertz CT molecular complexity index is 1580. The first-order valence-corrected chi connectivity index (χ1v) is 15.4. The van der Waals surface area contributed by atoms with Gasteiger partial charge in [-0.15, -0.1) is 11.3 Å². The summed E-state index contributed by atoms with van der Waals surface area (Å²) in [5.74, 6) is 2.90. The average molecular weight is 563 g/mol. The number of hydrogen-bond acceptors (Lipinski definition) is 6. The van der Waals surface area contributed by atoms with Crippen LogP contribution in [0.1, 0.15) is 54.3 Å². The minimum Gasteiger partial charge on any atom is -0.497 e. The largest absolute Gasteiger partial charge is 0.497 e. The second kappa shape index (κ2) is 11.0. The molecule has 0 spiro atoms. The molecule has 0 aliphatic heterocycles. The second-order valence-electron chi connectivity index (χ2n) is 11.6. The number of nitrogens with zero attached hydrogens (tertiary/aromatic N) is 2. The lowest BCUT2D eigenvalue weighted by Crippen LogP contribution is -2.27. The Hall–Kier alpha value is -2.77. The maximum absolute atomic E-state index is 14.3. The highest BCUT2D eigenvalue weighted by molar-refractivity contribution is 7.99. The third-order valence-corrected chi connectivity index (χ3v) is 9.90. The Labute approximate surface area is 239 Å². The number of fused-ring (bicyclic) bond motifs is 3. The number of thioether (sulfide) groups is 1. The lowest BCUT2D eigenvalue weighted by molar-refractivity contribution is 0.218. The standard InChI is InChI=1S/C32H38N2O3S2/c1-19-8-9-21(3)26(16-19)37-14-15-38-31-33-29-28(24-13-11-22(32(4,5)6)17-27(24)39-29)30(35)34(31)25-18-23(36-7)12-10-20(25)2/h8-10,12,16,18,22H,11,13-15,17H2,1-7H3/t22-/m1/s1. The molecule has 1 aliphatic rings. The van der Waals surface area contributed by atoms with Crippen molar-refractivity contribution in [1.29, 1.82) is 0 Å². The molecule has 0 N–H and O–H groups in total. The molecule has 0 amide bonds. The van der Waals surface area contributed by atoms with Crippen molar-refractivity contribution < 1.29 is 9.47 Å². The fourth-order valence-corrected chi connectivity index (χ4v) is 7.52. The third kappa shape index (κ3) is 5.62. The summed E-state index contributed by atoms with van der Waals surface area (Å²) in [5.41, 5.74) is 5.58. The summed E-state index contributed by atoms with van der Waals surface area (Å²) in [6, 6.07) is 12.1. The summed E-state index contributed by atoms with van der Waals surface area (Å²) in [6.45, 7) is 13.6. The molecule has 2 aromatic carbocycles. The number of rotatable bonds is 7.